The summed E-state index contributed by atoms with van der Waals surface area (Å²) >= 11 is 0. The van der Waals surface area contributed by atoms with Crippen molar-refractivity contribution in [2.24, 2.45) is 5.73 Å². The Hall–Kier alpha value is -1.71. The molecule has 1 aliphatic heterocycles. The Morgan fingerprint density at radius 1 is 1.05 bits per heavy atom. The van der Waals surface area contributed by atoms with E-state index >= 15 is 0 Å². The van der Waals surface area contributed by atoms with Crippen molar-refractivity contribution in [2.45, 2.75) is 12.0 Å². The minimum Gasteiger partial charge on any atom is -0.379 e. The molecular formula is C16H16FNO. The Balaban J connectivity index is 2.05. The molecule has 0 atom stereocenters. The van der Waals surface area contributed by atoms with E-state index in [2.05, 4.69) is 0 Å². The third kappa shape index (κ3) is 1.95. The fraction of sp³-hybridized carbons (Fsp3) is 0.250. The molecule has 0 aromatic heterocycles. The summed E-state index contributed by atoms with van der Waals surface area (Å²) in [6.07, 6.45) is 0. The topological polar surface area (TPSA) is 35.2 Å². The van der Waals surface area contributed by atoms with Crippen molar-refractivity contribution in [3.8, 4) is 0 Å². The lowest BCUT2D eigenvalue weighted by Crippen LogP contribution is -2.48. The van der Waals surface area contributed by atoms with Gasteiger partial charge in [-0.3, -0.25) is 0 Å². The minimum atomic E-state index is -0.349. The number of rotatable bonds is 3. The van der Waals surface area contributed by atoms with Crippen LogP contribution < -0.4 is 5.73 Å². The molecule has 0 amide bonds. The number of hydrogen-bond donors (Lipinski definition) is 1. The van der Waals surface area contributed by atoms with Gasteiger partial charge in [0.1, 0.15) is 5.82 Å². The molecule has 0 saturated carbocycles. The first-order valence-corrected chi connectivity index (χ1v) is 6.38. The van der Waals surface area contributed by atoms with Gasteiger partial charge in [0, 0.05) is 12.1 Å². The molecule has 0 aliphatic carbocycles. The lowest BCUT2D eigenvalue weighted by atomic mass is 9.72. The molecule has 19 heavy (non-hydrogen) atoms. The van der Waals surface area contributed by atoms with Gasteiger partial charge in [-0.2, -0.15) is 0 Å². The maximum absolute atomic E-state index is 14.1. The van der Waals surface area contributed by atoms with Crippen molar-refractivity contribution in [3.63, 3.8) is 0 Å². The van der Waals surface area contributed by atoms with E-state index in [-0.39, 0.29) is 11.2 Å². The number of benzene rings is 2. The number of nitrogens with two attached hydrogens (primary N) is 1. The Labute approximate surface area is 112 Å². The Morgan fingerprint density at radius 2 is 1.74 bits per heavy atom. The second-order valence-electron chi connectivity index (χ2n) is 4.96. The second kappa shape index (κ2) is 4.76. The molecule has 0 unspecified atom stereocenters. The van der Waals surface area contributed by atoms with Gasteiger partial charge < -0.3 is 10.5 Å². The van der Waals surface area contributed by atoms with Crippen LogP contribution in [-0.2, 0) is 16.7 Å². The summed E-state index contributed by atoms with van der Waals surface area (Å²) in [6, 6.07) is 15.0. The summed E-state index contributed by atoms with van der Waals surface area (Å²) in [5.74, 6) is -0.172. The molecule has 2 N–H and O–H groups in total. The van der Waals surface area contributed by atoms with Gasteiger partial charge in [-0.25, -0.2) is 4.39 Å². The zero-order chi connectivity index (χ0) is 13.3. The van der Waals surface area contributed by atoms with Crippen LogP contribution in [0.15, 0.2) is 48.5 Å². The highest BCUT2D eigenvalue weighted by Crippen LogP contribution is 2.40. The number of ether oxygens (including phenoxy) is 1. The van der Waals surface area contributed by atoms with Gasteiger partial charge in [0.15, 0.2) is 0 Å². The Bertz CT molecular complexity index is 576. The van der Waals surface area contributed by atoms with E-state index in [1.807, 2.05) is 36.4 Å². The van der Waals surface area contributed by atoms with E-state index in [9.17, 15) is 4.39 Å². The van der Waals surface area contributed by atoms with Crippen molar-refractivity contribution < 1.29 is 9.13 Å². The lowest BCUT2D eigenvalue weighted by molar-refractivity contribution is -0.0395. The third-order valence-electron chi connectivity index (χ3n) is 3.83. The molecule has 98 valence electrons. The molecule has 0 radical (unpaired) electrons. The van der Waals surface area contributed by atoms with Gasteiger partial charge >= 0.3 is 0 Å². The first-order valence-electron chi connectivity index (χ1n) is 6.38. The van der Waals surface area contributed by atoms with Gasteiger partial charge in [0.05, 0.1) is 18.6 Å². The highest BCUT2D eigenvalue weighted by molar-refractivity contribution is 5.43. The van der Waals surface area contributed by atoms with Crippen molar-refractivity contribution in [1.29, 1.82) is 0 Å². The molecule has 2 aromatic carbocycles. The molecule has 0 spiro atoms. The van der Waals surface area contributed by atoms with Crippen LogP contribution in [0.3, 0.4) is 0 Å². The van der Waals surface area contributed by atoms with Crippen LogP contribution in [0.2, 0.25) is 0 Å². The fourth-order valence-corrected chi connectivity index (χ4v) is 2.59. The van der Waals surface area contributed by atoms with Gasteiger partial charge in [0.25, 0.3) is 0 Å². The molecule has 1 heterocycles. The smallest absolute Gasteiger partial charge is 0.127 e. The molecule has 1 fully saturated rings. The normalized spacial score (nSPS) is 16.9. The van der Waals surface area contributed by atoms with Crippen LogP contribution in [0.4, 0.5) is 4.39 Å². The summed E-state index contributed by atoms with van der Waals surface area (Å²) in [5.41, 5.74) is 8.13. The summed E-state index contributed by atoms with van der Waals surface area (Å²) in [5, 5.41) is 0. The van der Waals surface area contributed by atoms with E-state index in [1.54, 1.807) is 6.07 Å². The average Bonchev–Trinajstić information content (AvgIpc) is 2.40. The van der Waals surface area contributed by atoms with Gasteiger partial charge in [-0.15, -0.1) is 0 Å². The van der Waals surface area contributed by atoms with Crippen LogP contribution in [0.25, 0.3) is 0 Å². The standard InChI is InChI=1S/C16H16FNO/c17-15-4-2-1-3-14(15)16(10-19-11-16)13-7-5-12(9-18)6-8-13/h1-8H,9-11,18H2. The molecular weight excluding hydrogens is 241 g/mol. The van der Waals surface area contributed by atoms with E-state index in [1.165, 1.54) is 6.07 Å². The second-order valence-corrected chi connectivity index (χ2v) is 4.96. The Morgan fingerprint density at radius 3 is 2.26 bits per heavy atom. The molecule has 0 bridgehead atoms. The lowest BCUT2D eigenvalue weighted by Gasteiger charge is -2.42. The Kier molecular flexibility index (Phi) is 3.09. The van der Waals surface area contributed by atoms with E-state index in [0.29, 0.717) is 25.3 Å². The highest BCUT2D eigenvalue weighted by Gasteiger charge is 2.43. The van der Waals surface area contributed by atoms with Crippen molar-refractivity contribution >= 4 is 0 Å². The summed E-state index contributed by atoms with van der Waals surface area (Å²) in [4.78, 5) is 0. The third-order valence-corrected chi connectivity index (χ3v) is 3.83. The maximum Gasteiger partial charge on any atom is 0.127 e. The van der Waals surface area contributed by atoms with Crippen molar-refractivity contribution in [3.05, 3.63) is 71.0 Å². The first kappa shape index (κ1) is 12.3. The molecule has 2 nitrogen and oxygen atoms in total. The highest BCUT2D eigenvalue weighted by atomic mass is 19.1. The van der Waals surface area contributed by atoms with E-state index in [0.717, 1.165) is 11.1 Å². The zero-order valence-corrected chi connectivity index (χ0v) is 10.6. The van der Waals surface area contributed by atoms with Crippen LogP contribution in [-0.4, -0.2) is 13.2 Å². The average molecular weight is 257 g/mol. The van der Waals surface area contributed by atoms with Crippen LogP contribution >= 0.6 is 0 Å². The van der Waals surface area contributed by atoms with Crippen LogP contribution in [0, 0.1) is 5.82 Å². The van der Waals surface area contributed by atoms with Gasteiger partial charge in [-0.05, 0) is 17.2 Å². The molecule has 3 heteroatoms. The number of hydrogen-bond acceptors (Lipinski definition) is 2. The van der Waals surface area contributed by atoms with Crippen molar-refractivity contribution in [2.75, 3.05) is 13.2 Å². The van der Waals surface area contributed by atoms with E-state index in [4.69, 9.17) is 10.5 Å². The first-order chi connectivity index (χ1) is 9.26. The molecule has 3 rings (SSSR count). The van der Waals surface area contributed by atoms with E-state index < -0.39 is 0 Å². The zero-order valence-electron chi connectivity index (χ0n) is 10.6. The summed E-state index contributed by atoms with van der Waals surface area (Å²) in [7, 11) is 0. The monoisotopic (exact) mass is 257 g/mol. The quantitative estimate of drug-likeness (QED) is 0.917. The SMILES string of the molecule is NCc1ccc(C2(c3ccccc3F)COC2)cc1. The molecule has 1 aliphatic rings. The van der Waals surface area contributed by atoms with Gasteiger partial charge in [0.2, 0.25) is 0 Å². The molecule has 1 saturated heterocycles. The van der Waals surface area contributed by atoms with Gasteiger partial charge in [-0.1, -0.05) is 42.5 Å². The summed E-state index contributed by atoms with van der Waals surface area (Å²) < 4.78 is 19.4. The van der Waals surface area contributed by atoms with Crippen molar-refractivity contribution in [1.82, 2.24) is 0 Å². The van der Waals surface area contributed by atoms with Crippen LogP contribution in [0.1, 0.15) is 16.7 Å². The largest absolute Gasteiger partial charge is 0.379 e. The predicted octanol–water partition coefficient (Wildman–Crippen LogP) is 2.60. The minimum absolute atomic E-state index is 0.172. The van der Waals surface area contributed by atoms with Crippen LogP contribution in [0.5, 0.6) is 0 Å². The number of halogens is 1. The maximum atomic E-state index is 14.1. The molecule has 2 aromatic rings. The fourth-order valence-electron chi connectivity index (χ4n) is 2.59. The predicted molar refractivity (Wildman–Crippen MR) is 72.3 cm³/mol. The summed E-state index contributed by atoms with van der Waals surface area (Å²) in [6.45, 7) is 1.56.